The lowest BCUT2D eigenvalue weighted by Gasteiger charge is -2.11. The second kappa shape index (κ2) is 5.53. The Kier molecular flexibility index (Phi) is 4.02. The third kappa shape index (κ3) is 2.56. The van der Waals surface area contributed by atoms with Crippen LogP contribution in [-0.4, -0.2) is 11.5 Å². The number of fused-ring (bicyclic) bond motifs is 1. The molecule has 0 unspecified atom stereocenters. The highest BCUT2D eigenvalue weighted by molar-refractivity contribution is 6.35. The van der Waals surface area contributed by atoms with Crippen molar-refractivity contribution in [3.8, 4) is 0 Å². The van der Waals surface area contributed by atoms with Gasteiger partial charge in [-0.3, -0.25) is 4.98 Å². The number of aromatic nitrogens is 1. The van der Waals surface area contributed by atoms with Crippen molar-refractivity contribution in [3.05, 3.63) is 34.7 Å². The summed E-state index contributed by atoms with van der Waals surface area (Å²) in [7, 11) is 0. The number of hydrogen-bond acceptors (Lipinski definition) is 2. The molecule has 0 aliphatic carbocycles. The van der Waals surface area contributed by atoms with Gasteiger partial charge in [0.15, 0.2) is 0 Å². The fourth-order valence-electron chi connectivity index (χ4n) is 1.89. The van der Waals surface area contributed by atoms with Crippen LogP contribution in [0, 0.1) is 5.82 Å². The van der Waals surface area contributed by atoms with Crippen molar-refractivity contribution in [1.82, 2.24) is 4.98 Å². The van der Waals surface area contributed by atoms with Crippen LogP contribution in [0.5, 0.6) is 0 Å². The summed E-state index contributed by atoms with van der Waals surface area (Å²) in [5, 5.41) is 4.40. The summed E-state index contributed by atoms with van der Waals surface area (Å²) in [6, 6.07) is 4.75. The van der Waals surface area contributed by atoms with E-state index < -0.39 is 0 Å². The van der Waals surface area contributed by atoms with E-state index in [-0.39, 0.29) is 5.82 Å². The second-order valence-corrected chi connectivity index (χ2v) is 4.63. The van der Waals surface area contributed by atoms with Crippen molar-refractivity contribution in [2.24, 2.45) is 0 Å². The van der Waals surface area contributed by atoms with Crippen LogP contribution in [-0.2, 0) is 6.42 Å². The first kappa shape index (κ1) is 13.1. The SMILES string of the molecule is CCCNc1cc(CC)nc2c(Cl)cc(F)cc12. The van der Waals surface area contributed by atoms with Gasteiger partial charge >= 0.3 is 0 Å². The topological polar surface area (TPSA) is 24.9 Å². The minimum Gasteiger partial charge on any atom is -0.384 e. The molecule has 1 aromatic heterocycles. The van der Waals surface area contributed by atoms with Crippen molar-refractivity contribution in [3.63, 3.8) is 0 Å². The Morgan fingerprint density at radius 3 is 2.72 bits per heavy atom. The van der Waals surface area contributed by atoms with Crippen LogP contribution >= 0.6 is 11.6 Å². The smallest absolute Gasteiger partial charge is 0.125 e. The van der Waals surface area contributed by atoms with Crippen molar-refractivity contribution < 1.29 is 4.39 Å². The molecule has 1 aromatic carbocycles. The zero-order valence-corrected chi connectivity index (χ0v) is 11.3. The predicted molar refractivity (Wildman–Crippen MR) is 74.9 cm³/mol. The van der Waals surface area contributed by atoms with Gasteiger partial charge in [-0.2, -0.15) is 0 Å². The molecule has 1 N–H and O–H groups in total. The van der Waals surface area contributed by atoms with Gasteiger partial charge < -0.3 is 5.32 Å². The maximum Gasteiger partial charge on any atom is 0.125 e. The molecular weight excluding hydrogens is 251 g/mol. The maximum absolute atomic E-state index is 13.4. The van der Waals surface area contributed by atoms with Crippen molar-refractivity contribution in [1.29, 1.82) is 0 Å². The molecule has 0 saturated heterocycles. The van der Waals surface area contributed by atoms with Gasteiger partial charge in [0, 0.05) is 23.3 Å². The molecule has 0 radical (unpaired) electrons. The average molecular weight is 267 g/mol. The summed E-state index contributed by atoms with van der Waals surface area (Å²) in [5.41, 5.74) is 2.52. The summed E-state index contributed by atoms with van der Waals surface area (Å²) >= 11 is 6.07. The maximum atomic E-state index is 13.4. The number of pyridine rings is 1. The Morgan fingerprint density at radius 1 is 1.28 bits per heavy atom. The first-order chi connectivity index (χ1) is 8.65. The van der Waals surface area contributed by atoms with Crippen molar-refractivity contribution in [2.45, 2.75) is 26.7 Å². The normalized spacial score (nSPS) is 10.9. The fraction of sp³-hybridized carbons (Fsp3) is 0.357. The number of nitrogens with zero attached hydrogens (tertiary/aromatic N) is 1. The zero-order chi connectivity index (χ0) is 13.1. The highest BCUT2D eigenvalue weighted by Crippen LogP contribution is 2.30. The van der Waals surface area contributed by atoms with Gasteiger partial charge in [0.2, 0.25) is 0 Å². The van der Waals surface area contributed by atoms with Gasteiger partial charge in [-0.15, -0.1) is 0 Å². The van der Waals surface area contributed by atoms with E-state index in [1.54, 1.807) is 0 Å². The molecule has 4 heteroatoms. The van der Waals surface area contributed by atoms with E-state index >= 15 is 0 Å². The Labute approximate surface area is 111 Å². The van der Waals surface area contributed by atoms with E-state index in [0.29, 0.717) is 10.5 Å². The molecule has 2 nitrogen and oxygen atoms in total. The summed E-state index contributed by atoms with van der Waals surface area (Å²) in [4.78, 5) is 4.46. The fourth-order valence-corrected chi connectivity index (χ4v) is 2.14. The van der Waals surface area contributed by atoms with Crippen molar-refractivity contribution in [2.75, 3.05) is 11.9 Å². The lowest BCUT2D eigenvalue weighted by molar-refractivity contribution is 0.629. The number of aryl methyl sites for hydroxylation is 1. The number of anilines is 1. The predicted octanol–water partition coefficient (Wildman–Crippen LogP) is 4.41. The molecule has 2 rings (SSSR count). The van der Waals surface area contributed by atoms with Gasteiger partial charge in [-0.1, -0.05) is 25.4 Å². The molecule has 0 bridgehead atoms. The summed E-state index contributed by atoms with van der Waals surface area (Å²) in [6.45, 7) is 4.97. The second-order valence-electron chi connectivity index (χ2n) is 4.23. The Bertz CT molecular complexity index is 569. The van der Waals surface area contributed by atoms with Crippen molar-refractivity contribution >= 4 is 28.2 Å². The molecule has 0 aliphatic rings. The third-order valence-corrected chi connectivity index (χ3v) is 3.10. The van der Waals surface area contributed by atoms with E-state index in [1.165, 1.54) is 12.1 Å². The van der Waals surface area contributed by atoms with Crippen LogP contribution in [0.3, 0.4) is 0 Å². The number of rotatable bonds is 4. The van der Waals surface area contributed by atoms with Crippen LogP contribution in [0.1, 0.15) is 26.0 Å². The molecule has 2 aromatic rings. The average Bonchev–Trinajstić information content (AvgIpc) is 2.36. The van der Waals surface area contributed by atoms with Crippen LogP contribution in [0.15, 0.2) is 18.2 Å². The Hall–Kier alpha value is -1.35. The van der Waals surface area contributed by atoms with E-state index in [4.69, 9.17) is 11.6 Å². The van der Waals surface area contributed by atoms with Crippen LogP contribution in [0.25, 0.3) is 10.9 Å². The first-order valence-corrected chi connectivity index (χ1v) is 6.56. The van der Waals surface area contributed by atoms with Gasteiger partial charge in [0.05, 0.1) is 10.5 Å². The largest absolute Gasteiger partial charge is 0.384 e. The van der Waals surface area contributed by atoms with Crippen LogP contribution in [0.2, 0.25) is 5.02 Å². The standard InChI is InChI=1S/C14H16ClFN2/c1-3-5-17-13-8-10(4-2)18-14-11(13)6-9(16)7-12(14)15/h6-8H,3-5H2,1-2H3,(H,17,18). The molecule has 0 atom stereocenters. The number of nitrogens with one attached hydrogen (secondary N) is 1. The van der Waals surface area contributed by atoms with Crippen LogP contribution < -0.4 is 5.32 Å². The zero-order valence-electron chi connectivity index (χ0n) is 10.6. The molecule has 96 valence electrons. The van der Waals surface area contributed by atoms with E-state index in [0.717, 1.165) is 36.2 Å². The summed E-state index contributed by atoms with van der Waals surface area (Å²) < 4.78 is 13.4. The number of halogens is 2. The Balaban J connectivity index is 2.64. The summed E-state index contributed by atoms with van der Waals surface area (Å²) in [6.07, 6.45) is 1.83. The lowest BCUT2D eigenvalue weighted by atomic mass is 10.1. The van der Waals surface area contributed by atoms with E-state index in [1.807, 2.05) is 13.0 Å². The minimum atomic E-state index is -0.335. The van der Waals surface area contributed by atoms with Gasteiger partial charge in [-0.05, 0) is 31.0 Å². The molecule has 0 spiro atoms. The molecule has 0 aliphatic heterocycles. The molecular formula is C14H16ClFN2. The lowest BCUT2D eigenvalue weighted by Crippen LogP contribution is -2.03. The number of benzene rings is 1. The van der Waals surface area contributed by atoms with Gasteiger partial charge in [0.25, 0.3) is 0 Å². The highest BCUT2D eigenvalue weighted by Gasteiger charge is 2.10. The van der Waals surface area contributed by atoms with E-state index in [2.05, 4.69) is 17.2 Å². The molecule has 1 heterocycles. The van der Waals surface area contributed by atoms with Gasteiger partial charge in [-0.25, -0.2) is 4.39 Å². The first-order valence-electron chi connectivity index (χ1n) is 6.18. The molecule has 0 fully saturated rings. The number of hydrogen-bond donors (Lipinski definition) is 1. The van der Waals surface area contributed by atoms with E-state index in [9.17, 15) is 4.39 Å². The Morgan fingerprint density at radius 2 is 2.06 bits per heavy atom. The third-order valence-electron chi connectivity index (χ3n) is 2.81. The van der Waals surface area contributed by atoms with Gasteiger partial charge in [0.1, 0.15) is 5.82 Å². The van der Waals surface area contributed by atoms with Crippen LogP contribution in [0.4, 0.5) is 10.1 Å². The summed E-state index contributed by atoms with van der Waals surface area (Å²) in [5.74, 6) is -0.335. The molecule has 0 saturated carbocycles. The minimum absolute atomic E-state index is 0.335. The quantitative estimate of drug-likeness (QED) is 0.887. The highest BCUT2D eigenvalue weighted by atomic mass is 35.5. The molecule has 0 amide bonds. The monoisotopic (exact) mass is 266 g/mol. The molecule has 18 heavy (non-hydrogen) atoms.